The number of carbonyl (C=O) groups excluding carboxylic acids is 4. The van der Waals surface area contributed by atoms with E-state index in [4.69, 9.17) is 4.74 Å². The highest BCUT2D eigenvalue weighted by atomic mass is 16.5. The third-order valence-electron chi connectivity index (χ3n) is 7.72. The van der Waals surface area contributed by atoms with E-state index in [1.165, 1.54) is 26.2 Å². The molecule has 1 N–H and O–H groups in total. The minimum absolute atomic E-state index is 0.0106. The maximum absolute atomic E-state index is 12.7. The molecule has 172 valence electrons. The van der Waals surface area contributed by atoms with Crippen molar-refractivity contribution in [3.63, 3.8) is 0 Å². The van der Waals surface area contributed by atoms with Crippen LogP contribution in [0.25, 0.3) is 0 Å². The first-order chi connectivity index (χ1) is 14.7. The van der Waals surface area contributed by atoms with E-state index < -0.39 is 12.1 Å². The van der Waals surface area contributed by atoms with Gasteiger partial charge in [-0.15, -0.1) is 0 Å². The predicted octanol–water partition coefficient (Wildman–Crippen LogP) is 1.47. The highest BCUT2D eigenvalue weighted by Gasteiger charge is 2.51. The molecule has 0 aromatic rings. The average molecular weight is 434 g/mol. The molecule has 1 aliphatic heterocycles. The van der Waals surface area contributed by atoms with Crippen molar-refractivity contribution in [1.82, 2.24) is 15.1 Å². The molecule has 1 atom stereocenters. The van der Waals surface area contributed by atoms with Gasteiger partial charge >= 0.3 is 5.97 Å². The lowest BCUT2D eigenvalue weighted by molar-refractivity contribution is -0.157. The molecule has 3 amide bonds. The first-order valence-corrected chi connectivity index (χ1v) is 11.8. The summed E-state index contributed by atoms with van der Waals surface area (Å²) < 4.78 is 5.34. The molecule has 0 aromatic carbocycles. The van der Waals surface area contributed by atoms with E-state index in [-0.39, 0.29) is 36.1 Å². The fourth-order valence-electron chi connectivity index (χ4n) is 6.57. The van der Waals surface area contributed by atoms with Gasteiger partial charge in [-0.05, 0) is 63.2 Å². The van der Waals surface area contributed by atoms with E-state index in [0.717, 1.165) is 37.0 Å². The number of piperazine rings is 1. The summed E-state index contributed by atoms with van der Waals surface area (Å²) in [4.78, 5) is 52.1. The van der Waals surface area contributed by atoms with E-state index >= 15 is 0 Å². The van der Waals surface area contributed by atoms with Gasteiger partial charge in [0.1, 0.15) is 0 Å². The number of esters is 1. The fourth-order valence-corrected chi connectivity index (χ4v) is 6.57. The topological polar surface area (TPSA) is 96.0 Å². The largest absolute Gasteiger partial charge is 0.453 e. The molecule has 0 spiro atoms. The average Bonchev–Trinajstić information content (AvgIpc) is 2.70. The Morgan fingerprint density at radius 1 is 0.903 bits per heavy atom. The SMILES string of the molecule is CC(=O)N1CCN(C(=O)CCC(=O)O[C@@H](C)C(=O)NC23CC4CC(CC(C4)C2)C3)CC1. The number of ether oxygens (including phenoxy) is 1. The van der Waals surface area contributed by atoms with Crippen LogP contribution >= 0.6 is 0 Å². The minimum Gasteiger partial charge on any atom is -0.453 e. The zero-order valence-corrected chi connectivity index (χ0v) is 18.7. The molecule has 4 bridgehead atoms. The fraction of sp³-hybridized carbons (Fsp3) is 0.826. The van der Waals surface area contributed by atoms with E-state index in [2.05, 4.69) is 5.32 Å². The van der Waals surface area contributed by atoms with E-state index in [1.807, 2.05) is 0 Å². The Kier molecular flexibility index (Phi) is 6.26. The number of nitrogens with zero attached hydrogens (tertiary/aromatic N) is 2. The molecular weight excluding hydrogens is 398 g/mol. The number of rotatable bonds is 6. The summed E-state index contributed by atoms with van der Waals surface area (Å²) in [6, 6.07) is 0. The van der Waals surface area contributed by atoms with E-state index in [9.17, 15) is 19.2 Å². The Labute approximate surface area is 184 Å². The number of amides is 3. The number of carbonyl (C=O) groups is 4. The van der Waals surface area contributed by atoms with Crippen molar-refractivity contribution >= 4 is 23.7 Å². The van der Waals surface area contributed by atoms with Gasteiger partial charge in [0.2, 0.25) is 11.8 Å². The van der Waals surface area contributed by atoms with Gasteiger partial charge in [0.25, 0.3) is 5.91 Å². The lowest BCUT2D eigenvalue weighted by atomic mass is 9.53. The molecule has 4 aliphatic carbocycles. The Hall–Kier alpha value is -2.12. The quantitative estimate of drug-likeness (QED) is 0.640. The van der Waals surface area contributed by atoms with Crippen LogP contribution < -0.4 is 5.32 Å². The Morgan fingerprint density at radius 2 is 1.42 bits per heavy atom. The summed E-state index contributed by atoms with van der Waals surface area (Å²) in [5.41, 5.74) is -0.107. The number of nitrogens with one attached hydrogen (secondary N) is 1. The summed E-state index contributed by atoms with van der Waals surface area (Å²) in [5, 5.41) is 3.24. The van der Waals surface area contributed by atoms with Gasteiger partial charge in [0.05, 0.1) is 6.42 Å². The number of hydrogen-bond donors (Lipinski definition) is 1. The predicted molar refractivity (Wildman–Crippen MR) is 113 cm³/mol. The van der Waals surface area contributed by atoms with Crippen LogP contribution in [-0.4, -0.2) is 71.3 Å². The lowest BCUT2D eigenvalue weighted by Crippen LogP contribution is -2.61. The summed E-state index contributed by atoms with van der Waals surface area (Å²) in [6.45, 7) is 5.14. The van der Waals surface area contributed by atoms with Gasteiger partial charge in [-0.3, -0.25) is 19.2 Å². The highest BCUT2D eigenvalue weighted by Crippen LogP contribution is 2.55. The van der Waals surface area contributed by atoms with Crippen molar-refractivity contribution in [2.24, 2.45) is 17.8 Å². The van der Waals surface area contributed by atoms with Gasteiger partial charge < -0.3 is 19.9 Å². The smallest absolute Gasteiger partial charge is 0.307 e. The Balaban J connectivity index is 1.19. The normalized spacial score (nSPS) is 32.5. The second-order valence-corrected chi connectivity index (χ2v) is 10.2. The highest BCUT2D eigenvalue weighted by molar-refractivity contribution is 5.86. The molecule has 8 heteroatoms. The molecule has 4 saturated carbocycles. The summed E-state index contributed by atoms with van der Waals surface area (Å²) >= 11 is 0. The molecule has 5 rings (SSSR count). The van der Waals surface area contributed by atoms with Crippen molar-refractivity contribution in [3.8, 4) is 0 Å². The third kappa shape index (κ3) is 5.04. The summed E-state index contributed by atoms with van der Waals surface area (Å²) in [6.07, 6.45) is 6.23. The van der Waals surface area contributed by atoms with E-state index in [1.54, 1.807) is 16.7 Å². The van der Waals surface area contributed by atoms with Gasteiger partial charge in [-0.1, -0.05) is 0 Å². The van der Waals surface area contributed by atoms with Crippen LogP contribution in [0.5, 0.6) is 0 Å². The zero-order chi connectivity index (χ0) is 22.2. The standard InChI is InChI=1S/C23H35N3O5/c1-15(22(30)24-23-12-17-9-18(13-23)11-19(10-17)14-23)31-21(29)4-3-20(28)26-7-5-25(6-8-26)16(2)27/h15,17-19H,3-14H2,1-2H3,(H,24,30)/t15-,17?,18?,19?,23?/m0/s1. The minimum atomic E-state index is -0.852. The Bertz CT molecular complexity index is 708. The van der Waals surface area contributed by atoms with Gasteiger partial charge in [0.15, 0.2) is 6.10 Å². The molecule has 5 aliphatic rings. The van der Waals surface area contributed by atoms with Crippen molar-refractivity contribution in [1.29, 1.82) is 0 Å². The van der Waals surface area contributed by atoms with Crippen molar-refractivity contribution in [2.75, 3.05) is 26.2 Å². The van der Waals surface area contributed by atoms with Crippen LogP contribution in [-0.2, 0) is 23.9 Å². The first kappa shape index (κ1) is 22.1. The van der Waals surface area contributed by atoms with Crippen LogP contribution in [0.1, 0.15) is 65.2 Å². The molecule has 5 fully saturated rings. The molecule has 31 heavy (non-hydrogen) atoms. The molecule has 1 heterocycles. The first-order valence-electron chi connectivity index (χ1n) is 11.8. The zero-order valence-electron chi connectivity index (χ0n) is 18.7. The van der Waals surface area contributed by atoms with Crippen molar-refractivity contribution in [2.45, 2.75) is 76.9 Å². The Morgan fingerprint density at radius 3 is 1.94 bits per heavy atom. The van der Waals surface area contributed by atoms with Crippen LogP contribution in [0.4, 0.5) is 0 Å². The maximum Gasteiger partial charge on any atom is 0.307 e. The van der Waals surface area contributed by atoms with Gasteiger partial charge in [0, 0.05) is 45.1 Å². The van der Waals surface area contributed by atoms with Crippen molar-refractivity contribution < 1.29 is 23.9 Å². The van der Waals surface area contributed by atoms with Gasteiger partial charge in [-0.2, -0.15) is 0 Å². The van der Waals surface area contributed by atoms with E-state index in [0.29, 0.717) is 26.2 Å². The molecule has 0 radical (unpaired) electrons. The second kappa shape index (κ2) is 8.79. The van der Waals surface area contributed by atoms with Crippen LogP contribution in [0, 0.1) is 17.8 Å². The van der Waals surface area contributed by atoms with Crippen LogP contribution in [0.3, 0.4) is 0 Å². The molecule has 0 unspecified atom stereocenters. The second-order valence-electron chi connectivity index (χ2n) is 10.2. The number of hydrogen-bond acceptors (Lipinski definition) is 5. The summed E-state index contributed by atoms with van der Waals surface area (Å²) in [5.74, 6) is 1.33. The monoisotopic (exact) mass is 433 g/mol. The molecule has 1 saturated heterocycles. The van der Waals surface area contributed by atoms with Crippen LogP contribution in [0.15, 0.2) is 0 Å². The van der Waals surface area contributed by atoms with Crippen molar-refractivity contribution in [3.05, 3.63) is 0 Å². The molecular formula is C23H35N3O5. The third-order valence-corrected chi connectivity index (χ3v) is 7.72. The molecule has 0 aromatic heterocycles. The lowest BCUT2D eigenvalue weighted by Gasteiger charge is -2.57. The molecule has 8 nitrogen and oxygen atoms in total. The van der Waals surface area contributed by atoms with Gasteiger partial charge in [-0.25, -0.2) is 0 Å². The summed E-state index contributed by atoms with van der Waals surface area (Å²) in [7, 11) is 0. The van der Waals surface area contributed by atoms with Crippen LogP contribution in [0.2, 0.25) is 0 Å². The maximum atomic E-state index is 12.7.